The Kier molecular flexibility index (Phi) is 4.02. The van der Waals surface area contributed by atoms with Gasteiger partial charge in [-0.25, -0.2) is 0 Å². The molecule has 2 heterocycles. The Morgan fingerprint density at radius 1 is 1.07 bits per heavy atom. The van der Waals surface area contributed by atoms with E-state index in [0.717, 1.165) is 5.56 Å². The Balaban J connectivity index is 2.06. The van der Waals surface area contributed by atoms with Gasteiger partial charge in [-0.05, 0) is 41.8 Å². The summed E-state index contributed by atoms with van der Waals surface area (Å²) in [6.07, 6.45) is 1.94. The maximum atomic E-state index is 13.3. The van der Waals surface area contributed by atoms with E-state index in [1.165, 1.54) is 4.68 Å². The first-order chi connectivity index (χ1) is 13.5. The number of hydrogen-bond acceptors (Lipinski definition) is 6. The van der Waals surface area contributed by atoms with Crippen LogP contribution in [0.4, 0.5) is 0 Å². The lowest BCUT2D eigenvalue weighted by molar-refractivity contribution is 0.708. The van der Waals surface area contributed by atoms with Crippen LogP contribution in [0.15, 0.2) is 47.5 Å². The third kappa shape index (κ3) is 2.56. The predicted molar refractivity (Wildman–Crippen MR) is 103 cm³/mol. The van der Waals surface area contributed by atoms with Gasteiger partial charge in [-0.15, -0.1) is 10.2 Å². The molecule has 0 aliphatic carbocycles. The minimum absolute atomic E-state index is 0.263. The summed E-state index contributed by atoms with van der Waals surface area (Å²) in [7, 11) is 3.49. The summed E-state index contributed by atoms with van der Waals surface area (Å²) in [6, 6.07) is 14.9. The molecule has 0 aliphatic rings. The highest BCUT2D eigenvalue weighted by Gasteiger charge is 2.19. The highest BCUT2D eigenvalue weighted by molar-refractivity contribution is 5.86. The molecule has 0 aliphatic heterocycles. The van der Waals surface area contributed by atoms with Gasteiger partial charge in [0.25, 0.3) is 11.3 Å². The third-order valence-corrected chi connectivity index (χ3v) is 4.66. The summed E-state index contributed by atoms with van der Waals surface area (Å²) in [5.41, 5.74) is 2.92. The van der Waals surface area contributed by atoms with Crippen molar-refractivity contribution in [3.8, 4) is 12.1 Å². The lowest BCUT2D eigenvalue weighted by Gasteiger charge is -2.19. The molecule has 0 atom stereocenters. The second-order valence-electron chi connectivity index (χ2n) is 6.55. The molecule has 0 radical (unpaired) electrons. The summed E-state index contributed by atoms with van der Waals surface area (Å²) in [6.45, 7) is 0. The van der Waals surface area contributed by atoms with Gasteiger partial charge in [-0.1, -0.05) is 12.1 Å². The normalized spacial score (nSPS) is 10.7. The van der Waals surface area contributed by atoms with Crippen LogP contribution in [0.3, 0.4) is 0 Å². The number of nitriles is 2. The van der Waals surface area contributed by atoms with Gasteiger partial charge in [0, 0.05) is 14.1 Å². The molecule has 28 heavy (non-hydrogen) atoms. The minimum Gasteiger partial charge on any atom is -0.313 e. The molecule has 4 aromatic rings. The number of hydrogen-bond donors (Lipinski definition) is 0. The summed E-state index contributed by atoms with van der Waals surface area (Å²) >= 11 is 0. The summed E-state index contributed by atoms with van der Waals surface area (Å²) < 4.78 is 3.17. The second-order valence-corrected chi connectivity index (χ2v) is 6.55. The van der Waals surface area contributed by atoms with E-state index in [-0.39, 0.29) is 5.56 Å². The van der Waals surface area contributed by atoms with Gasteiger partial charge in [0.05, 0.1) is 34.2 Å². The highest BCUT2D eigenvalue weighted by Crippen LogP contribution is 2.23. The van der Waals surface area contributed by atoms with Gasteiger partial charge < -0.3 is 5.01 Å². The van der Waals surface area contributed by atoms with Crippen molar-refractivity contribution in [3.05, 3.63) is 75.3 Å². The van der Waals surface area contributed by atoms with Crippen LogP contribution in [0.5, 0.6) is 0 Å². The number of benzene rings is 2. The van der Waals surface area contributed by atoms with Crippen molar-refractivity contribution in [2.45, 2.75) is 6.42 Å². The first kappa shape index (κ1) is 17.3. The quantitative estimate of drug-likeness (QED) is 0.543. The maximum Gasteiger partial charge on any atom is 0.281 e. The van der Waals surface area contributed by atoms with Crippen LogP contribution in [0.1, 0.15) is 22.3 Å². The summed E-state index contributed by atoms with van der Waals surface area (Å²) in [4.78, 5) is 13.3. The molecule has 0 amide bonds. The van der Waals surface area contributed by atoms with Crippen LogP contribution in [0, 0.1) is 22.7 Å². The Morgan fingerprint density at radius 3 is 2.46 bits per heavy atom. The van der Waals surface area contributed by atoms with Gasteiger partial charge in [0.2, 0.25) is 0 Å². The number of fused-ring (bicyclic) bond motifs is 3. The molecule has 0 unspecified atom stereocenters. The Hall–Kier alpha value is -4.17. The standard InChI is InChI=1S/C20H15N7O/c1-25(2)27-19(28)18-16(9-13-3-5-14(10-21)6-4-13)15(11-22)7-8-17(18)26-12-23-24-20(26)27/h3-8,12H,9H2,1-2H3. The molecule has 8 heteroatoms. The van der Waals surface area contributed by atoms with Crippen LogP contribution in [0.2, 0.25) is 0 Å². The monoisotopic (exact) mass is 369 g/mol. The maximum absolute atomic E-state index is 13.3. The first-order valence-corrected chi connectivity index (χ1v) is 8.52. The molecule has 0 bridgehead atoms. The lowest BCUT2D eigenvalue weighted by atomic mass is 9.96. The SMILES string of the molecule is CN(C)n1c(=O)c2c(Cc3ccc(C#N)cc3)c(C#N)ccc2n2cnnc12. The topological polar surface area (TPSA) is 103 Å². The zero-order chi connectivity index (χ0) is 19.8. The Bertz CT molecular complexity index is 1350. The molecule has 0 saturated carbocycles. The highest BCUT2D eigenvalue weighted by atomic mass is 16.1. The molecular formula is C20H15N7O. The molecule has 2 aromatic heterocycles. The van der Waals surface area contributed by atoms with Crippen molar-refractivity contribution in [3.63, 3.8) is 0 Å². The zero-order valence-corrected chi connectivity index (χ0v) is 15.3. The van der Waals surface area contributed by atoms with E-state index < -0.39 is 0 Å². The van der Waals surface area contributed by atoms with E-state index in [4.69, 9.17) is 5.26 Å². The molecule has 0 spiro atoms. The van der Waals surface area contributed by atoms with Crippen molar-refractivity contribution in [2.24, 2.45) is 0 Å². The third-order valence-electron chi connectivity index (χ3n) is 4.66. The largest absolute Gasteiger partial charge is 0.313 e. The zero-order valence-electron chi connectivity index (χ0n) is 15.3. The van der Waals surface area contributed by atoms with Crippen LogP contribution < -0.4 is 10.6 Å². The molecule has 2 aromatic carbocycles. The first-order valence-electron chi connectivity index (χ1n) is 8.52. The summed E-state index contributed by atoms with van der Waals surface area (Å²) in [5.74, 6) is 0.400. The fourth-order valence-electron chi connectivity index (χ4n) is 3.36. The van der Waals surface area contributed by atoms with E-state index in [0.29, 0.717) is 39.8 Å². The molecule has 0 N–H and O–H groups in total. The van der Waals surface area contributed by atoms with E-state index in [1.54, 1.807) is 54.1 Å². The predicted octanol–water partition coefficient (Wildman–Crippen LogP) is 1.58. The van der Waals surface area contributed by atoms with E-state index >= 15 is 0 Å². The van der Waals surface area contributed by atoms with E-state index in [1.807, 2.05) is 12.1 Å². The Morgan fingerprint density at radius 2 is 1.82 bits per heavy atom. The average molecular weight is 369 g/mol. The van der Waals surface area contributed by atoms with Gasteiger partial charge in [0.1, 0.15) is 6.33 Å². The van der Waals surface area contributed by atoms with Gasteiger partial charge in [-0.3, -0.25) is 9.20 Å². The van der Waals surface area contributed by atoms with Crippen molar-refractivity contribution >= 4 is 16.7 Å². The number of aromatic nitrogens is 4. The van der Waals surface area contributed by atoms with Crippen LogP contribution in [-0.2, 0) is 6.42 Å². The molecule has 0 saturated heterocycles. The fourth-order valence-corrected chi connectivity index (χ4v) is 3.36. The Labute approximate surface area is 160 Å². The van der Waals surface area contributed by atoms with Crippen LogP contribution >= 0.6 is 0 Å². The smallest absolute Gasteiger partial charge is 0.281 e. The summed E-state index contributed by atoms with van der Waals surface area (Å²) in [5, 5.41) is 28.7. The molecule has 136 valence electrons. The fraction of sp³-hybridized carbons (Fsp3) is 0.150. The van der Waals surface area contributed by atoms with Crippen LogP contribution in [0.25, 0.3) is 16.7 Å². The van der Waals surface area contributed by atoms with Gasteiger partial charge in [0.15, 0.2) is 0 Å². The molecule has 8 nitrogen and oxygen atoms in total. The molecule has 4 rings (SSSR count). The van der Waals surface area contributed by atoms with Crippen molar-refractivity contribution in [1.29, 1.82) is 10.5 Å². The van der Waals surface area contributed by atoms with Crippen molar-refractivity contribution < 1.29 is 0 Å². The number of nitrogens with zero attached hydrogens (tertiary/aromatic N) is 7. The number of rotatable bonds is 3. The van der Waals surface area contributed by atoms with Gasteiger partial charge in [-0.2, -0.15) is 15.2 Å². The minimum atomic E-state index is -0.263. The molecule has 0 fully saturated rings. The van der Waals surface area contributed by atoms with Crippen LogP contribution in [-0.4, -0.2) is 33.4 Å². The molecular weight excluding hydrogens is 354 g/mol. The lowest BCUT2D eigenvalue weighted by Crippen LogP contribution is -2.38. The van der Waals surface area contributed by atoms with Crippen molar-refractivity contribution in [2.75, 3.05) is 19.1 Å². The van der Waals surface area contributed by atoms with Crippen molar-refractivity contribution in [1.82, 2.24) is 19.3 Å². The average Bonchev–Trinajstić information content (AvgIpc) is 3.17. The second kappa shape index (κ2) is 6.53. The van der Waals surface area contributed by atoms with Gasteiger partial charge >= 0.3 is 0 Å². The van der Waals surface area contributed by atoms with E-state index in [9.17, 15) is 10.1 Å². The van der Waals surface area contributed by atoms with E-state index in [2.05, 4.69) is 22.3 Å².